The van der Waals surface area contributed by atoms with E-state index in [2.05, 4.69) is 4.98 Å². The van der Waals surface area contributed by atoms with Gasteiger partial charge in [-0.05, 0) is 26.0 Å². The minimum atomic E-state index is -1.21. The molecule has 2 heterocycles. The SMILES string of the molecule is Cc1csc([C@H](C#N)C(=O)COC(=O)[C@H](C)N2C(=O)c3ccccc3C2=O)n1. The minimum absolute atomic E-state index is 0.215. The lowest BCUT2D eigenvalue weighted by molar-refractivity contribution is -0.151. The maximum absolute atomic E-state index is 12.4. The number of carbonyl (C=O) groups excluding carboxylic acids is 4. The van der Waals surface area contributed by atoms with E-state index in [9.17, 15) is 24.4 Å². The number of benzene rings is 1. The topological polar surface area (TPSA) is 117 Å². The molecule has 2 aromatic rings. The van der Waals surface area contributed by atoms with E-state index in [0.717, 1.165) is 4.90 Å². The van der Waals surface area contributed by atoms with Gasteiger partial charge in [-0.3, -0.25) is 19.3 Å². The van der Waals surface area contributed by atoms with Crippen LogP contribution in [0.1, 0.15) is 44.3 Å². The van der Waals surface area contributed by atoms with Crippen LogP contribution in [0.5, 0.6) is 0 Å². The summed E-state index contributed by atoms with van der Waals surface area (Å²) in [5.74, 6) is -3.86. The third kappa shape index (κ3) is 3.42. The Morgan fingerprint density at radius 3 is 2.36 bits per heavy atom. The lowest BCUT2D eigenvalue weighted by Crippen LogP contribution is -2.44. The van der Waals surface area contributed by atoms with E-state index in [1.54, 1.807) is 24.4 Å². The molecule has 1 aliphatic heterocycles. The highest BCUT2D eigenvalue weighted by Crippen LogP contribution is 2.25. The number of nitrogens with zero attached hydrogens (tertiary/aromatic N) is 3. The normalized spacial score (nSPS) is 15.0. The lowest BCUT2D eigenvalue weighted by Gasteiger charge is -2.20. The van der Waals surface area contributed by atoms with Crippen LogP contribution in [0.15, 0.2) is 29.6 Å². The summed E-state index contributed by atoms with van der Waals surface area (Å²) in [6.45, 7) is 2.44. The van der Waals surface area contributed by atoms with E-state index in [1.165, 1.54) is 30.4 Å². The number of thiazole rings is 1. The van der Waals surface area contributed by atoms with Gasteiger partial charge in [0, 0.05) is 11.1 Å². The number of nitriles is 1. The van der Waals surface area contributed by atoms with Crippen LogP contribution in [-0.4, -0.2) is 46.1 Å². The Morgan fingerprint density at radius 1 is 1.25 bits per heavy atom. The molecule has 0 spiro atoms. The minimum Gasteiger partial charge on any atom is -0.456 e. The molecule has 0 unspecified atom stereocenters. The van der Waals surface area contributed by atoms with Gasteiger partial charge in [0.15, 0.2) is 18.3 Å². The van der Waals surface area contributed by atoms with Crippen LogP contribution in [0.3, 0.4) is 0 Å². The number of Topliss-reactive ketones (excluding diaryl/α,β-unsaturated/α-hetero) is 1. The number of aromatic nitrogens is 1. The van der Waals surface area contributed by atoms with Crippen molar-refractivity contribution in [2.75, 3.05) is 6.61 Å². The second-order valence-electron chi connectivity index (χ2n) is 6.17. The predicted octanol–water partition coefficient (Wildman–Crippen LogP) is 1.86. The molecule has 9 heteroatoms. The molecule has 8 nitrogen and oxygen atoms in total. The van der Waals surface area contributed by atoms with Crippen LogP contribution < -0.4 is 0 Å². The van der Waals surface area contributed by atoms with Crippen LogP contribution >= 0.6 is 11.3 Å². The standard InChI is InChI=1S/C19H15N3O5S/c1-10-9-28-16(21-10)14(7-20)15(23)8-27-19(26)11(2)22-17(24)12-5-3-4-6-13(12)18(22)25/h3-6,9,11,14H,8H2,1-2H3/t11-,14+/m0/s1. The maximum atomic E-state index is 12.4. The molecule has 2 amide bonds. The van der Waals surface area contributed by atoms with Crippen molar-refractivity contribution < 1.29 is 23.9 Å². The summed E-state index contributed by atoms with van der Waals surface area (Å²) in [6.07, 6.45) is 0. The second-order valence-corrected chi connectivity index (χ2v) is 7.05. The van der Waals surface area contributed by atoms with Gasteiger partial charge in [0.25, 0.3) is 11.8 Å². The summed E-state index contributed by atoms with van der Waals surface area (Å²) >= 11 is 1.17. The van der Waals surface area contributed by atoms with E-state index in [-0.39, 0.29) is 11.1 Å². The molecule has 3 rings (SSSR count). The molecule has 142 valence electrons. The highest BCUT2D eigenvalue weighted by atomic mass is 32.1. The van der Waals surface area contributed by atoms with Crippen molar-refractivity contribution in [3.05, 3.63) is 51.5 Å². The fraction of sp³-hybridized carbons (Fsp3) is 0.263. The number of imide groups is 1. The van der Waals surface area contributed by atoms with Gasteiger partial charge in [0.2, 0.25) is 0 Å². The summed E-state index contributed by atoms with van der Waals surface area (Å²) in [4.78, 5) is 54.3. The smallest absolute Gasteiger partial charge is 0.329 e. The van der Waals surface area contributed by atoms with Crippen molar-refractivity contribution in [1.82, 2.24) is 9.88 Å². The molecule has 0 radical (unpaired) electrons. The van der Waals surface area contributed by atoms with Gasteiger partial charge in [-0.25, -0.2) is 9.78 Å². The summed E-state index contributed by atoms with van der Waals surface area (Å²) in [5, 5.41) is 11.3. The molecule has 0 bridgehead atoms. The van der Waals surface area contributed by atoms with Gasteiger partial charge < -0.3 is 4.74 Å². The first-order valence-corrected chi connectivity index (χ1v) is 9.21. The highest BCUT2D eigenvalue weighted by molar-refractivity contribution is 7.09. The molecular formula is C19H15N3O5S. The Balaban J connectivity index is 1.65. The van der Waals surface area contributed by atoms with Gasteiger partial charge in [-0.1, -0.05) is 12.1 Å². The fourth-order valence-corrected chi connectivity index (χ4v) is 3.64. The molecular weight excluding hydrogens is 382 g/mol. The highest BCUT2D eigenvalue weighted by Gasteiger charge is 2.41. The van der Waals surface area contributed by atoms with Crippen molar-refractivity contribution in [2.24, 2.45) is 0 Å². The van der Waals surface area contributed by atoms with Crippen LogP contribution in [0.2, 0.25) is 0 Å². The molecule has 2 atom stereocenters. The molecule has 0 saturated carbocycles. The quantitative estimate of drug-likeness (QED) is 0.539. The number of ketones is 1. The number of hydrogen-bond donors (Lipinski definition) is 0. The monoisotopic (exact) mass is 397 g/mol. The Bertz CT molecular complexity index is 988. The first-order valence-electron chi connectivity index (χ1n) is 8.33. The van der Waals surface area contributed by atoms with Gasteiger partial charge in [-0.15, -0.1) is 11.3 Å². The zero-order valence-corrected chi connectivity index (χ0v) is 15.9. The van der Waals surface area contributed by atoms with Crippen LogP contribution in [-0.2, 0) is 14.3 Å². The maximum Gasteiger partial charge on any atom is 0.329 e. The lowest BCUT2D eigenvalue weighted by atomic mass is 10.1. The fourth-order valence-electron chi connectivity index (χ4n) is 2.78. The summed E-state index contributed by atoms with van der Waals surface area (Å²) in [7, 11) is 0. The first-order chi connectivity index (χ1) is 13.3. The van der Waals surface area contributed by atoms with Gasteiger partial charge >= 0.3 is 5.97 Å². The van der Waals surface area contributed by atoms with Gasteiger partial charge in [0.05, 0.1) is 17.2 Å². The number of carbonyl (C=O) groups is 4. The zero-order valence-electron chi connectivity index (χ0n) is 15.0. The average molecular weight is 397 g/mol. The van der Waals surface area contributed by atoms with E-state index in [1.807, 2.05) is 6.07 Å². The van der Waals surface area contributed by atoms with E-state index in [4.69, 9.17) is 4.74 Å². The Labute approximate surface area is 164 Å². The zero-order chi connectivity index (χ0) is 20.4. The number of rotatable bonds is 6. The van der Waals surface area contributed by atoms with E-state index in [0.29, 0.717) is 10.7 Å². The second kappa shape index (κ2) is 7.70. The number of ether oxygens (including phenoxy) is 1. The summed E-state index contributed by atoms with van der Waals surface area (Å²) in [6, 6.07) is 6.90. The van der Waals surface area contributed by atoms with Crippen molar-refractivity contribution >= 4 is 34.9 Å². The molecule has 28 heavy (non-hydrogen) atoms. The summed E-state index contributed by atoms with van der Waals surface area (Å²) in [5.41, 5.74) is 1.11. The van der Waals surface area contributed by atoms with Crippen molar-refractivity contribution in [2.45, 2.75) is 25.8 Å². The third-order valence-electron chi connectivity index (χ3n) is 4.25. The average Bonchev–Trinajstić information content (AvgIpc) is 3.22. The summed E-state index contributed by atoms with van der Waals surface area (Å²) < 4.78 is 4.98. The van der Waals surface area contributed by atoms with E-state index >= 15 is 0 Å². The molecule has 1 aromatic carbocycles. The number of aryl methyl sites for hydroxylation is 1. The van der Waals surface area contributed by atoms with Crippen LogP contribution in [0.25, 0.3) is 0 Å². The molecule has 0 aliphatic carbocycles. The van der Waals surface area contributed by atoms with Crippen LogP contribution in [0.4, 0.5) is 0 Å². The number of esters is 1. The van der Waals surface area contributed by atoms with Crippen LogP contribution in [0, 0.1) is 18.3 Å². The predicted molar refractivity (Wildman–Crippen MR) is 97.6 cm³/mol. The number of amides is 2. The van der Waals surface area contributed by atoms with E-state index < -0.39 is 42.1 Å². The largest absolute Gasteiger partial charge is 0.456 e. The molecule has 0 saturated heterocycles. The Morgan fingerprint density at radius 2 is 1.86 bits per heavy atom. The molecule has 1 aromatic heterocycles. The van der Waals surface area contributed by atoms with Gasteiger partial charge in [-0.2, -0.15) is 5.26 Å². The Hall–Kier alpha value is -3.38. The molecule has 0 N–H and O–H groups in total. The first kappa shape index (κ1) is 19.4. The van der Waals surface area contributed by atoms with Crippen molar-refractivity contribution in [1.29, 1.82) is 5.26 Å². The Kier molecular flexibility index (Phi) is 5.33. The number of fused-ring (bicyclic) bond motifs is 1. The molecule has 0 fully saturated rings. The van der Waals surface area contributed by atoms with Crippen molar-refractivity contribution in [3.63, 3.8) is 0 Å². The number of hydrogen-bond acceptors (Lipinski definition) is 8. The third-order valence-corrected chi connectivity index (χ3v) is 5.27. The molecule has 1 aliphatic rings. The van der Waals surface area contributed by atoms with Crippen molar-refractivity contribution in [3.8, 4) is 6.07 Å². The van der Waals surface area contributed by atoms with Gasteiger partial charge in [0.1, 0.15) is 11.0 Å².